The standard InChI is InChI=1S/C23H30N2O3/c1-16(2)18-8-5-6-9-20(18)24-23(26)15-25-13-7-10-21(25)19-14-17(27-3)11-12-22(19)28-4/h5-6,8-9,11-12,14,16,21H,7,10,13,15H2,1-4H3,(H,24,26)/p+1/t21-/m0/s1. The quantitative estimate of drug-likeness (QED) is 0.772. The minimum absolute atomic E-state index is 0.0527. The van der Waals surface area contributed by atoms with E-state index in [2.05, 4.69) is 25.2 Å². The van der Waals surface area contributed by atoms with Crippen LogP contribution in [0.3, 0.4) is 0 Å². The second-order valence-electron chi connectivity index (χ2n) is 7.68. The first-order chi connectivity index (χ1) is 13.5. The molecule has 1 fully saturated rings. The van der Waals surface area contributed by atoms with Crippen molar-refractivity contribution in [2.75, 3.05) is 32.6 Å². The van der Waals surface area contributed by atoms with E-state index in [-0.39, 0.29) is 11.9 Å². The number of hydrogen-bond donors (Lipinski definition) is 2. The molecule has 0 bridgehead atoms. The van der Waals surface area contributed by atoms with Crippen LogP contribution in [-0.4, -0.2) is 33.2 Å². The van der Waals surface area contributed by atoms with Crippen LogP contribution in [0, 0.1) is 0 Å². The Kier molecular flexibility index (Phi) is 6.57. The average molecular weight is 384 g/mol. The zero-order valence-electron chi connectivity index (χ0n) is 17.2. The van der Waals surface area contributed by atoms with E-state index in [0.29, 0.717) is 12.5 Å². The van der Waals surface area contributed by atoms with Gasteiger partial charge in [0.25, 0.3) is 5.91 Å². The number of anilines is 1. The van der Waals surface area contributed by atoms with Crippen LogP contribution in [0.25, 0.3) is 0 Å². The maximum atomic E-state index is 12.8. The molecular weight excluding hydrogens is 352 g/mol. The number of methoxy groups -OCH3 is 2. The number of benzene rings is 2. The molecule has 0 aromatic heterocycles. The van der Waals surface area contributed by atoms with Gasteiger partial charge in [0.2, 0.25) is 0 Å². The molecule has 5 nitrogen and oxygen atoms in total. The predicted molar refractivity (Wildman–Crippen MR) is 111 cm³/mol. The Bertz CT molecular complexity index is 819. The first-order valence-corrected chi connectivity index (χ1v) is 9.98. The molecule has 2 aromatic carbocycles. The molecule has 0 radical (unpaired) electrons. The number of hydrogen-bond acceptors (Lipinski definition) is 3. The highest BCUT2D eigenvalue weighted by Gasteiger charge is 2.34. The molecule has 1 unspecified atom stereocenters. The van der Waals surface area contributed by atoms with Crippen molar-refractivity contribution in [3.63, 3.8) is 0 Å². The molecule has 1 amide bonds. The fourth-order valence-corrected chi connectivity index (χ4v) is 4.13. The molecule has 0 spiro atoms. The van der Waals surface area contributed by atoms with Crippen LogP contribution < -0.4 is 19.7 Å². The van der Waals surface area contributed by atoms with Crippen LogP contribution in [0.5, 0.6) is 11.5 Å². The van der Waals surface area contributed by atoms with Gasteiger partial charge in [0.05, 0.1) is 26.3 Å². The Balaban J connectivity index is 1.75. The summed E-state index contributed by atoms with van der Waals surface area (Å²) in [6, 6.07) is 14.2. The number of nitrogens with one attached hydrogen (secondary N) is 2. The van der Waals surface area contributed by atoms with Gasteiger partial charge >= 0.3 is 0 Å². The monoisotopic (exact) mass is 383 g/mol. The third kappa shape index (κ3) is 4.47. The molecule has 3 rings (SSSR count). The number of para-hydroxylation sites is 1. The Labute approximate surface area is 167 Å². The molecule has 2 aromatic rings. The molecule has 0 aliphatic carbocycles. The summed E-state index contributed by atoms with van der Waals surface area (Å²) < 4.78 is 11.0. The van der Waals surface area contributed by atoms with E-state index in [9.17, 15) is 4.79 Å². The van der Waals surface area contributed by atoms with Crippen LogP contribution in [0.4, 0.5) is 5.69 Å². The normalized spacial score (nSPS) is 18.9. The minimum Gasteiger partial charge on any atom is -0.497 e. The highest BCUT2D eigenvalue weighted by molar-refractivity contribution is 5.92. The number of carbonyl (C=O) groups is 1. The Morgan fingerprint density at radius 3 is 2.68 bits per heavy atom. The van der Waals surface area contributed by atoms with Crippen LogP contribution >= 0.6 is 0 Å². The van der Waals surface area contributed by atoms with Crippen LogP contribution in [-0.2, 0) is 4.79 Å². The predicted octanol–water partition coefficient (Wildman–Crippen LogP) is 3.19. The smallest absolute Gasteiger partial charge is 0.279 e. The SMILES string of the molecule is COc1ccc(OC)c([C@@H]2CCC[NH+]2CC(=O)Nc2ccccc2C(C)C)c1. The van der Waals surface area contributed by atoms with Crippen molar-refractivity contribution in [2.45, 2.75) is 38.6 Å². The third-order valence-electron chi connectivity index (χ3n) is 5.54. The maximum absolute atomic E-state index is 12.8. The second-order valence-corrected chi connectivity index (χ2v) is 7.68. The lowest BCUT2D eigenvalue weighted by Gasteiger charge is -2.23. The fraction of sp³-hybridized carbons (Fsp3) is 0.435. The summed E-state index contributed by atoms with van der Waals surface area (Å²) in [5, 5.41) is 3.13. The molecule has 150 valence electrons. The van der Waals surface area contributed by atoms with E-state index < -0.39 is 0 Å². The lowest BCUT2D eigenvalue weighted by molar-refractivity contribution is -0.910. The zero-order valence-corrected chi connectivity index (χ0v) is 17.2. The number of quaternary nitrogens is 1. The Morgan fingerprint density at radius 1 is 1.18 bits per heavy atom. The van der Waals surface area contributed by atoms with Gasteiger partial charge in [0, 0.05) is 18.5 Å². The summed E-state index contributed by atoms with van der Waals surface area (Å²) in [7, 11) is 3.36. The average Bonchev–Trinajstić information content (AvgIpc) is 3.15. The van der Waals surface area contributed by atoms with Crippen LogP contribution in [0.2, 0.25) is 0 Å². The Hall–Kier alpha value is -2.53. The van der Waals surface area contributed by atoms with Crippen LogP contribution in [0.15, 0.2) is 42.5 Å². The van der Waals surface area contributed by atoms with E-state index in [0.717, 1.165) is 42.1 Å². The summed E-state index contributed by atoms with van der Waals surface area (Å²) in [6.07, 6.45) is 2.13. The molecule has 2 N–H and O–H groups in total. The summed E-state index contributed by atoms with van der Waals surface area (Å²) in [5.41, 5.74) is 3.19. The van der Waals surface area contributed by atoms with Gasteiger partial charge in [-0.1, -0.05) is 32.0 Å². The molecule has 1 aliphatic rings. The molecule has 0 saturated carbocycles. The summed E-state index contributed by atoms with van der Waals surface area (Å²) in [6.45, 7) is 5.70. The molecule has 1 saturated heterocycles. The molecule has 5 heteroatoms. The first kappa shape index (κ1) is 20.2. The third-order valence-corrected chi connectivity index (χ3v) is 5.54. The van der Waals surface area contributed by atoms with Crippen molar-refractivity contribution in [1.82, 2.24) is 0 Å². The van der Waals surface area contributed by atoms with Crippen molar-refractivity contribution in [3.05, 3.63) is 53.6 Å². The second kappa shape index (κ2) is 9.11. The summed E-state index contributed by atoms with van der Waals surface area (Å²) >= 11 is 0. The van der Waals surface area contributed by atoms with Crippen molar-refractivity contribution >= 4 is 11.6 Å². The molecule has 1 heterocycles. The topological polar surface area (TPSA) is 52.0 Å². The van der Waals surface area contributed by atoms with Crippen molar-refractivity contribution in [3.8, 4) is 11.5 Å². The highest BCUT2D eigenvalue weighted by Crippen LogP contribution is 2.31. The first-order valence-electron chi connectivity index (χ1n) is 9.98. The van der Waals surface area contributed by atoms with Gasteiger partial charge in [-0.3, -0.25) is 4.79 Å². The fourth-order valence-electron chi connectivity index (χ4n) is 4.13. The van der Waals surface area contributed by atoms with Crippen molar-refractivity contribution < 1.29 is 19.2 Å². The molecule has 2 atom stereocenters. The minimum atomic E-state index is 0.0527. The lowest BCUT2D eigenvalue weighted by Crippen LogP contribution is -3.11. The number of likely N-dealkylation sites (tertiary alicyclic amines) is 1. The molecule has 1 aliphatic heterocycles. The van der Waals surface area contributed by atoms with Gasteiger partial charge in [0.1, 0.15) is 17.5 Å². The van der Waals surface area contributed by atoms with Crippen molar-refractivity contribution in [1.29, 1.82) is 0 Å². The van der Waals surface area contributed by atoms with Gasteiger partial charge in [-0.2, -0.15) is 0 Å². The van der Waals surface area contributed by atoms with Crippen molar-refractivity contribution in [2.24, 2.45) is 0 Å². The number of carbonyl (C=O) groups excluding carboxylic acids is 1. The van der Waals surface area contributed by atoms with Gasteiger partial charge < -0.3 is 19.7 Å². The van der Waals surface area contributed by atoms with E-state index in [4.69, 9.17) is 9.47 Å². The zero-order chi connectivity index (χ0) is 20.1. The van der Waals surface area contributed by atoms with Gasteiger partial charge in [-0.05, 0) is 35.7 Å². The summed E-state index contributed by atoms with van der Waals surface area (Å²) in [4.78, 5) is 14.1. The van der Waals surface area contributed by atoms with E-state index in [1.165, 1.54) is 10.5 Å². The Morgan fingerprint density at radius 2 is 1.96 bits per heavy atom. The van der Waals surface area contributed by atoms with Gasteiger partial charge in [0.15, 0.2) is 6.54 Å². The van der Waals surface area contributed by atoms with E-state index >= 15 is 0 Å². The molecule has 28 heavy (non-hydrogen) atoms. The van der Waals surface area contributed by atoms with Crippen LogP contribution in [0.1, 0.15) is 49.8 Å². The van der Waals surface area contributed by atoms with E-state index in [1.54, 1.807) is 14.2 Å². The summed E-state index contributed by atoms with van der Waals surface area (Å²) in [5.74, 6) is 2.09. The van der Waals surface area contributed by atoms with Gasteiger partial charge in [-0.25, -0.2) is 0 Å². The largest absolute Gasteiger partial charge is 0.497 e. The number of ether oxygens (including phenoxy) is 2. The van der Waals surface area contributed by atoms with E-state index in [1.807, 2.05) is 36.4 Å². The van der Waals surface area contributed by atoms with Gasteiger partial charge in [-0.15, -0.1) is 0 Å². The maximum Gasteiger partial charge on any atom is 0.279 e. The number of amides is 1. The highest BCUT2D eigenvalue weighted by atomic mass is 16.5. The molecular formula is C23H31N2O3+. The number of rotatable bonds is 7. The lowest BCUT2D eigenvalue weighted by atomic mass is 10.0.